The number of carbonyl (C=O) groups excluding carboxylic acids is 2. The van der Waals surface area contributed by atoms with Gasteiger partial charge in [0, 0.05) is 45.6 Å². The van der Waals surface area contributed by atoms with Crippen LogP contribution in [0.3, 0.4) is 0 Å². The molecule has 7 N–H and O–H groups in total. The molecule has 0 bridgehead atoms. The first-order valence-corrected chi connectivity index (χ1v) is 23.2. The van der Waals surface area contributed by atoms with E-state index in [1.807, 2.05) is 27.7 Å². The largest absolute Gasteiger partial charge is 0.480 e. The minimum Gasteiger partial charge on any atom is -0.480 e. The van der Waals surface area contributed by atoms with Crippen molar-refractivity contribution in [3.8, 4) is 22.5 Å². The Morgan fingerprint density at radius 2 is 1.20 bits per heavy atom. The van der Waals surface area contributed by atoms with Crippen molar-refractivity contribution < 1.29 is 59.7 Å². The number of aliphatic carboxylic acids is 2. The molecule has 4 aromatic carbocycles. The molecule has 2 aliphatic rings. The second-order valence-electron chi connectivity index (χ2n) is 16.2. The summed E-state index contributed by atoms with van der Waals surface area (Å²) in [6.07, 6.45) is -0.277. The number of nitrogens with one attached hydrogen (secondary N) is 1. The highest BCUT2D eigenvalue weighted by molar-refractivity contribution is 7.86. The van der Waals surface area contributed by atoms with E-state index >= 15 is 0 Å². The minimum atomic E-state index is -5.09. The van der Waals surface area contributed by atoms with Gasteiger partial charge in [-0.15, -0.1) is 0 Å². The molecule has 0 unspecified atom stereocenters. The molecule has 2 amide bonds. The van der Waals surface area contributed by atoms with Crippen molar-refractivity contribution >= 4 is 72.0 Å². The fourth-order valence-corrected chi connectivity index (χ4v) is 9.71. The standard InChI is InChI=1S/C47H48N4O13S2/c1-22-26(5)46(27(6)23(2)33(22)17-41(48)52)49-30-13-14-31-37(15-30)64-38-19-36(40(66(61,62)63)16-35(38)45(31)32-11-9-10-12-39(32)65(58,59)60)50-47-28(7)24(3)34(25(4)29(47)8)18-42(53)51(20-43(54)55)21-44(56)57/h9-16,19,49H,17-18,20-21H2,1-8H3,(H2,48,52)(H,54,55)(H,56,57)(H,58,59,60)(H,61,62,63). The molecule has 346 valence electrons. The molecule has 19 heteroatoms. The van der Waals surface area contributed by atoms with Gasteiger partial charge in [0.05, 0.1) is 23.9 Å². The van der Waals surface area contributed by atoms with Gasteiger partial charge in [0.15, 0.2) is 0 Å². The van der Waals surface area contributed by atoms with Crippen LogP contribution in [0.4, 0.5) is 17.1 Å². The van der Waals surface area contributed by atoms with E-state index in [1.165, 1.54) is 30.3 Å². The molecule has 0 saturated carbocycles. The molecule has 1 heterocycles. The predicted molar refractivity (Wildman–Crippen MR) is 246 cm³/mol. The van der Waals surface area contributed by atoms with Gasteiger partial charge < -0.3 is 30.6 Å². The molecule has 0 atom stereocenters. The number of nitrogens with two attached hydrogens (primary N) is 1. The molecule has 1 aliphatic carbocycles. The Morgan fingerprint density at radius 3 is 1.73 bits per heavy atom. The average Bonchev–Trinajstić information content (AvgIpc) is 3.23. The topological polar surface area (TPSA) is 284 Å². The number of nitrogens with zero attached hydrogens (tertiary/aromatic N) is 2. The normalized spacial score (nSPS) is 12.2. The third kappa shape index (κ3) is 9.55. The van der Waals surface area contributed by atoms with Gasteiger partial charge in [-0.2, -0.15) is 16.8 Å². The van der Waals surface area contributed by atoms with Crippen molar-refractivity contribution in [2.75, 3.05) is 18.4 Å². The van der Waals surface area contributed by atoms with Crippen LogP contribution in [-0.2, 0) is 52.3 Å². The lowest BCUT2D eigenvalue weighted by atomic mass is 9.90. The molecule has 17 nitrogen and oxygen atoms in total. The van der Waals surface area contributed by atoms with Crippen molar-refractivity contribution in [2.45, 2.75) is 78.0 Å². The van der Waals surface area contributed by atoms with Gasteiger partial charge in [-0.3, -0.25) is 28.3 Å². The first kappa shape index (κ1) is 48.5. The number of carbonyl (C=O) groups is 4. The number of benzene rings is 5. The highest BCUT2D eigenvalue weighted by Gasteiger charge is 2.28. The summed E-state index contributed by atoms with van der Waals surface area (Å²) in [6, 6.07) is 13.0. The number of anilines is 2. The van der Waals surface area contributed by atoms with Crippen LogP contribution < -0.4 is 16.4 Å². The summed E-state index contributed by atoms with van der Waals surface area (Å²) in [5, 5.41) is 22.1. The van der Waals surface area contributed by atoms with Gasteiger partial charge in [-0.1, -0.05) is 18.2 Å². The van der Waals surface area contributed by atoms with E-state index < -0.39 is 66.9 Å². The van der Waals surface area contributed by atoms with Crippen LogP contribution in [0.25, 0.3) is 33.4 Å². The Hall–Kier alpha value is -6.93. The lowest BCUT2D eigenvalue weighted by Crippen LogP contribution is -2.40. The number of carboxylic acid groups (broad SMARTS) is 2. The van der Waals surface area contributed by atoms with Crippen molar-refractivity contribution in [2.24, 2.45) is 10.7 Å². The molecule has 0 spiro atoms. The monoisotopic (exact) mass is 940 g/mol. The number of carboxylic acids is 2. The summed E-state index contributed by atoms with van der Waals surface area (Å²) >= 11 is 0. The maximum Gasteiger partial charge on any atom is 0.323 e. The van der Waals surface area contributed by atoms with Crippen LogP contribution in [0.15, 0.2) is 73.8 Å². The molecule has 0 saturated heterocycles. The number of fused-ring (bicyclic) bond motifs is 2. The quantitative estimate of drug-likeness (QED) is 0.0489. The van der Waals surface area contributed by atoms with Crippen LogP contribution in [0.5, 0.6) is 0 Å². The van der Waals surface area contributed by atoms with Crippen molar-refractivity contribution in [1.29, 1.82) is 0 Å². The van der Waals surface area contributed by atoms with Crippen molar-refractivity contribution in [3.63, 3.8) is 0 Å². The molecule has 0 aromatic heterocycles. The zero-order chi connectivity index (χ0) is 48.9. The summed E-state index contributed by atoms with van der Waals surface area (Å²) in [4.78, 5) is 52.4. The van der Waals surface area contributed by atoms with Crippen LogP contribution in [0, 0.1) is 55.4 Å². The summed E-state index contributed by atoms with van der Waals surface area (Å²) in [5.74, 6) is -3.99. The number of amides is 2. The highest BCUT2D eigenvalue weighted by atomic mass is 32.2. The molecule has 4 aromatic rings. The van der Waals surface area contributed by atoms with Gasteiger partial charge in [0.25, 0.3) is 20.2 Å². The second kappa shape index (κ2) is 18.2. The van der Waals surface area contributed by atoms with E-state index in [-0.39, 0.29) is 51.9 Å². The van der Waals surface area contributed by atoms with Gasteiger partial charge in [0.1, 0.15) is 34.2 Å². The lowest BCUT2D eigenvalue weighted by molar-refractivity contribution is -0.149. The molecular weight excluding hydrogens is 893 g/mol. The lowest BCUT2D eigenvalue weighted by Gasteiger charge is -2.22. The Bertz CT molecular complexity index is 3260. The molecule has 1 aliphatic heterocycles. The van der Waals surface area contributed by atoms with Crippen LogP contribution >= 0.6 is 0 Å². The summed E-state index contributed by atoms with van der Waals surface area (Å²) < 4.78 is 79.9. The zero-order valence-electron chi connectivity index (χ0n) is 37.3. The fourth-order valence-electron chi connectivity index (χ4n) is 8.37. The minimum absolute atomic E-state index is 0.00344. The molecule has 66 heavy (non-hydrogen) atoms. The number of rotatable bonds is 14. The van der Waals surface area contributed by atoms with Gasteiger partial charge >= 0.3 is 11.9 Å². The highest BCUT2D eigenvalue weighted by Crippen LogP contribution is 2.44. The summed E-state index contributed by atoms with van der Waals surface area (Å²) in [6.45, 7) is 12.7. The first-order chi connectivity index (χ1) is 30.7. The maximum atomic E-state index is 13.3. The SMILES string of the molecule is Cc1c(C)c(N=c2cc3oc4cc(Nc5c(C)c(C)c(CC(N)=O)c(C)c5C)ccc4c(-c4ccccc4S(=O)(=O)O)c-3cc2S(=O)(=O)O)c(C)c(C)c1CC(=O)N(CC(=O)O)CC(=O)O. The van der Waals surface area contributed by atoms with E-state index in [4.69, 9.17) is 15.1 Å². The van der Waals surface area contributed by atoms with E-state index in [2.05, 4.69) is 5.32 Å². The molecule has 0 fully saturated rings. The number of hydrogen-bond acceptors (Lipinski definition) is 11. The zero-order valence-corrected chi connectivity index (χ0v) is 38.9. The van der Waals surface area contributed by atoms with Crippen molar-refractivity contribution in [1.82, 2.24) is 4.90 Å². The van der Waals surface area contributed by atoms with E-state index in [1.54, 1.807) is 45.9 Å². The van der Waals surface area contributed by atoms with Crippen LogP contribution in [-0.4, -0.2) is 77.9 Å². The Labute approximate surface area is 380 Å². The summed E-state index contributed by atoms with van der Waals surface area (Å²) in [5.41, 5.74) is 14.3. The third-order valence-electron chi connectivity index (χ3n) is 12.2. The third-order valence-corrected chi connectivity index (χ3v) is 14.0. The number of primary amides is 1. The van der Waals surface area contributed by atoms with Gasteiger partial charge in [0.2, 0.25) is 11.8 Å². The van der Waals surface area contributed by atoms with E-state index in [9.17, 15) is 55.3 Å². The number of hydrogen-bond donors (Lipinski definition) is 6. The molecular formula is C47H48N4O13S2. The Balaban J connectivity index is 1.63. The molecule has 6 rings (SSSR count). The van der Waals surface area contributed by atoms with E-state index in [0.717, 1.165) is 39.6 Å². The maximum absolute atomic E-state index is 13.3. The average molecular weight is 941 g/mol. The predicted octanol–water partition coefficient (Wildman–Crippen LogP) is 6.71. The molecule has 0 radical (unpaired) electrons. The Morgan fingerprint density at radius 1 is 0.667 bits per heavy atom. The van der Waals surface area contributed by atoms with Crippen molar-refractivity contribution in [3.05, 3.63) is 116 Å². The van der Waals surface area contributed by atoms with Gasteiger partial charge in [-0.25, -0.2) is 4.99 Å². The second-order valence-corrected chi connectivity index (χ2v) is 19.0. The fraction of sp³-hybridized carbons (Fsp3) is 0.255. The van der Waals surface area contributed by atoms with Gasteiger partial charge in [-0.05, 0) is 135 Å². The smallest absolute Gasteiger partial charge is 0.323 e. The Kier molecular flexibility index (Phi) is 13.3. The van der Waals surface area contributed by atoms with E-state index in [0.29, 0.717) is 43.8 Å². The first-order valence-electron chi connectivity index (χ1n) is 20.3. The summed E-state index contributed by atoms with van der Waals surface area (Å²) in [7, 11) is -9.95. The van der Waals surface area contributed by atoms with Crippen LogP contribution in [0.1, 0.15) is 55.6 Å². The van der Waals surface area contributed by atoms with Crippen LogP contribution in [0.2, 0.25) is 0 Å².